The number of guanidine groups is 1. The number of hydrogen-bond donors (Lipinski definition) is 1. The molecule has 1 aromatic carbocycles. The third kappa shape index (κ3) is 6.16. The van der Waals surface area contributed by atoms with E-state index in [1.807, 2.05) is 16.7 Å². The van der Waals surface area contributed by atoms with Crippen LogP contribution >= 0.6 is 35.7 Å². The normalized spacial score (nSPS) is 14.6. The second-order valence-electron chi connectivity index (χ2n) is 6.39. The van der Waals surface area contributed by atoms with Gasteiger partial charge in [0.2, 0.25) is 0 Å². The number of halogens is 1. The van der Waals surface area contributed by atoms with Crippen LogP contribution in [0.1, 0.15) is 16.1 Å². The van der Waals surface area contributed by atoms with E-state index in [1.54, 1.807) is 19.2 Å². The summed E-state index contributed by atoms with van der Waals surface area (Å²) in [5.41, 5.74) is 1.28. The van der Waals surface area contributed by atoms with Gasteiger partial charge in [0.1, 0.15) is 0 Å². The maximum atomic E-state index is 12.3. The van der Waals surface area contributed by atoms with Crippen LogP contribution in [0.15, 0.2) is 57.0 Å². The first-order valence-corrected chi connectivity index (χ1v) is 10.1. The van der Waals surface area contributed by atoms with Crippen molar-refractivity contribution in [2.75, 3.05) is 45.5 Å². The molecule has 8 heteroatoms. The molecule has 0 bridgehead atoms. The van der Waals surface area contributed by atoms with Crippen molar-refractivity contribution >= 4 is 47.6 Å². The van der Waals surface area contributed by atoms with Crippen molar-refractivity contribution in [3.05, 3.63) is 54.0 Å². The van der Waals surface area contributed by atoms with E-state index in [4.69, 9.17) is 4.42 Å². The van der Waals surface area contributed by atoms with Gasteiger partial charge in [0, 0.05) is 50.4 Å². The Morgan fingerprint density at radius 3 is 2.43 bits per heavy atom. The summed E-state index contributed by atoms with van der Waals surface area (Å²) in [6.07, 6.45) is 1.53. The first-order chi connectivity index (χ1) is 13.2. The maximum Gasteiger partial charge on any atom is 0.289 e. The number of piperazine rings is 1. The van der Waals surface area contributed by atoms with E-state index in [-0.39, 0.29) is 29.9 Å². The molecule has 0 radical (unpaired) electrons. The van der Waals surface area contributed by atoms with E-state index in [1.165, 1.54) is 16.7 Å². The number of furan rings is 1. The smallest absolute Gasteiger partial charge is 0.289 e. The first kappa shape index (κ1) is 22.6. The molecule has 1 fully saturated rings. The number of nitrogens with zero attached hydrogens (tertiary/aromatic N) is 3. The summed E-state index contributed by atoms with van der Waals surface area (Å²) in [7, 11) is 1.80. The van der Waals surface area contributed by atoms with Gasteiger partial charge in [0.25, 0.3) is 5.91 Å². The first-order valence-electron chi connectivity index (χ1n) is 9.15. The third-order valence-corrected chi connectivity index (χ3v) is 5.50. The molecule has 1 saturated heterocycles. The Hall–Kier alpha value is -1.68. The van der Waals surface area contributed by atoms with Gasteiger partial charge in [-0.1, -0.05) is 17.7 Å². The predicted molar refractivity (Wildman–Crippen MR) is 125 cm³/mol. The lowest BCUT2D eigenvalue weighted by molar-refractivity contribution is 0.0658. The minimum atomic E-state index is -0.0444. The number of nitrogens with one attached hydrogen (secondary N) is 1. The second kappa shape index (κ2) is 11.4. The molecule has 0 spiro atoms. The molecule has 6 nitrogen and oxygen atoms in total. The Morgan fingerprint density at radius 1 is 1.14 bits per heavy atom. The number of hydrogen-bond acceptors (Lipinski definition) is 4. The summed E-state index contributed by atoms with van der Waals surface area (Å²) >= 11 is 1.83. The van der Waals surface area contributed by atoms with Crippen LogP contribution in [-0.4, -0.2) is 67.2 Å². The van der Waals surface area contributed by atoms with Crippen molar-refractivity contribution in [1.82, 2.24) is 15.1 Å². The van der Waals surface area contributed by atoms with Crippen LogP contribution in [0.4, 0.5) is 0 Å². The minimum Gasteiger partial charge on any atom is -0.459 e. The lowest BCUT2D eigenvalue weighted by atomic mass is 10.2. The summed E-state index contributed by atoms with van der Waals surface area (Å²) in [6, 6.07) is 12.0. The third-order valence-electron chi connectivity index (χ3n) is 4.49. The lowest BCUT2D eigenvalue weighted by Crippen LogP contribution is -2.54. The fraction of sp³-hybridized carbons (Fsp3) is 0.400. The van der Waals surface area contributed by atoms with Gasteiger partial charge >= 0.3 is 0 Å². The number of rotatable bonds is 5. The van der Waals surface area contributed by atoms with Crippen molar-refractivity contribution in [3.63, 3.8) is 0 Å². The van der Waals surface area contributed by atoms with E-state index >= 15 is 0 Å². The zero-order valence-corrected chi connectivity index (χ0v) is 19.4. The molecular weight excluding hydrogens is 487 g/mol. The van der Waals surface area contributed by atoms with Crippen molar-refractivity contribution in [3.8, 4) is 0 Å². The number of carbonyl (C=O) groups is 1. The van der Waals surface area contributed by atoms with Crippen LogP contribution in [-0.2, 0) is 0 Å². The zero-order chi connectivity index (χ0) is 19.1. The molecule has 1 N–H and O–H groups in total. The van der Waals surface area contributed by atoms with Gasteiger partial charge in [-0.3, -0.25) is 9.79 Å². The van der Waals surface area contributed by atoms with Gasteiger partial charge < -0.3 is 19.5 Å². The van der Waals surface area contributed by atoms with Crippen LogP contribution in [0.2, 0.25) is 0 Å². The van der Waals surface area contributed by atoms with Crippen molar-refractivity contribution < 1.29 is 9.21 Å². The van der Waals surface area contributed by atoms with Crippen molar-refractivity contribution in [2.24, 2.45) is 4.99 Å². The zero-order valence-electron chi connectivity index (χ0n) is 16.3. The lowest BCUT2D eigenvalue weighted by Gasteiger charge is -2.36. The molecule has 1 aliphatic heterocycles. The number of amides is 1. The summed E-state index contributed by atoms with van der Waals surface area (Å²) in [4.78, 5) is 22.0. The van der Waals surface area contributed by atoms with E-state index in [0.29, 0.717) is 18.8 Å². The van der Waals surface area contributed by atoms with E-state index in [0.717, 1.165) is 31.3 Å². The minimum absolute atomic E-state index is 0. The van der Waals surface area contributed by atoms with Crippen molar-refractivity contribution in [2.45, 2.75) is 11.8 Å². The monoisotopic (exact) mass is 514 g/mol. The molecule has 0 saturated carbocycles. The number of carbonyl (C=O) groups excluding carboxylic acids is 1. The van der Waals surface area contributed by atoms with Gasteiger partial charge in [-0.15, -0.1) is 35.7 Å². The molecule has 2 aromatic rings. The molecule has 3 rings (SSSR count). The molecule has 0 atom stereocenters. The second-order valence-corrected chi connectivity index (χ2v) is 7.56. The highest BCUT2D eigenvalue weighted by Crippen LogP contribution is 2.17. The predicted octanol–water partition coefficient (Wildman–Crippen LogP) is 3.33. The van der Waals surface area contributed by atoms with Crippen LogP contribution in [0.3, 0.4) is 0 Å². The maximum absolute atomic E-state index is 12.3. The summed E-state index contributed by atoms with van der Waals surface area (Å²) in [6.45, 7) is 5.80. The fourth-order valence-corrected chi connectivity index (χ4v) is 3.74. The average molecular weight is 514 g/mol. The van der Waals surface area contributed by atoms with Crippen LogP contribution < -0.4 is 5.32 Å². The fourth-order valence-electron chi connectivity index (χ4n) is 2.98. The molecule has 28 heavy (non-hydrogen) atoms. The summed E-state index contributed by atoms with van der Waals surface area (Å²) < 4.78 is 5.21. The molecule has 1 amide bonds. The Labute approximate surface area is 187 Å². The Kier molecular flexibility index (Phi) is 9.17. The number of aryl methyl sites for hydroxylation is 1. The van der Waals surface area contributed by atoms with E-state index in [2.05, 4.69) is 46.4 Å². The number of aliphatic imine (C=N–C) groups is 1. The Balaban J connectivity index is 0.00000280. The molecule has 0 aliphatic carbocycles. The highest BCUT2D eigenvalue weighted by Gasteiger charge is 2.24. The average Bonchev–Trinajstić information content (AvgIpc) is 3.24. The number of benzene rings is 1. The summed E-state index contributed by atoms with van der Waals surface area (Å²) in [5, 5.41) is 3.43. The molecule has 0 unspecified atom stereocenters. The largest absolute Gasteiger partial charge is 0.459 e. The van der Waals surface area contributed by atoms with E-state index < -0.39 is 0 Å². The van der Waals surface area contributed by atoms with Gasteiger partial charge in [-0.2, -0.15) is 0 Å². The Morgan fingerprint density at radius 2 is 1.82 bits per heavy atom. The van der Waals surface area contributed by atoms with E-state index in [9.17, 15) is 4.79 Å². The molecule has 1 aliphatic rings. The van der Waals surface area contributed by atoms with Gasteiger partial charge in [0.05, 0.1) is 6.26 Å². The highest BCUT2D eigenvalue weighted by molar-refractivity contribution is 14.0. The van der Waals surface area contributed by atoms with Crippen LogP contribution in [0.25, 0.3) is 0 Å². The van der Waals surface area contributed by atoms with Gasteiger partial charge in [-0.05, 0) is 31.2 Å². The molecule has 1 aromatic heterocycles. The summed E-state index contributed by atoms with van der Waals surface area (Å²) in [5.74, 6) is 2.22. The van der Waals surface area contributed by atoms with Crippen LogP contribution in [0.5, 0.6) is 0 Å². The molecule has 152 valence electrons. The molecule has 2 heterocycles. The highest BCUT2D eigenvalue weighted by atomic mass is 127. The topological polar surface area (TPSA) is 61.1 Å². The van der Waals surface area contributed by atoms with Crippen molar-refractivity contribution in [1.29, 1.82) is 0 Å². The van der Waals surface area contributed by atoms with Crippen LogP contribution in [0, 0.1) is 6.92 Å². The molecular formula is C20H27IN4O2S. The standard InChI is InChI=1S/C20H26N4O2S.HI/c1-16-5-7-17(8-6-16)27-15-9-22-20(21-2)24-12-10-23(11-13-24)19(25)18-4-3-14-26-18;/h3-8,14H,9-13,15H2,1-2H3,(H,21,22);1H. The Bertz CT molecular complexity index is 757. The quantitative estimate of drug-likeness (QED) is 0.218. The SMILES string of the molecule is CN=C(NCCSc1ccc(C)cc1)N1CCN(C(=O)c2ccco2)CC1.I. The van der Waals surface area contributed by atoms with Gasteiger partial charge in [0.15, 0.2) is 11.7 Å². The van der Waals surface area contributed by atoms with Gasteiger partial charge in [-0.25, -0.2) is 0 Å². The number of thioether (sulfide) groups is 1.